The van der Waals surface area contributed by atoms with E-state index < -0.39 is 15.6 Å². The van der Waals surface area contributed by atoms with Crippen LogP contribution in [0.3, 0.4) is 0 Å². The molecule has 0 saturated carbocycles. The van der Waals surface area contributed by atoms with E-state index in [0.29, 0.717) is 12.8 Å². The van der Waals surface area contributed by atoms with Crippen molar-refractivity contribution in [1.82, 2.24) is 9.62 Å². The van der Waals surface area contributed by atoms with Gasteiger partial charge in [0.25, 0.3) is 10.0 Å². The van der Waals surface area contributed by atoms with Crippen molar-refractivity contribution in [1.29, 1.82) is 0 Å². The summed E-state index contributed by atoms with van der Waals surface area (Å²) in [5.41, 5.74) is -1.21. The van der Waals surface area contributed by atoms with Crippen molar-refractivity contribution in [2.75, 3.05) is 27.3 Å². The number of amides is 1. The van der Waals surface area contributed by atoms with Crippen LogP contribution in [0.1, 0.15) is 12.8 Å². The molecule has 1 amide bonds. The van der Waals surface area contributed by atoms with Crippen LogP contribution in [-0.2, 0) is 19.6 Å². The van der Waals surface area contributed by atoms with E-state index in [1.54, 1.807) is 0 Å². The molecule has 112 valence electrons. The van der Waals surface area contributed by atoms with Gasteiger partial charge in [-0.2, -0.15) is 4.31 Å². The lowest BCUT2D eigenvalue weighted by atomic mass is 9.97. The molecule has 0 aromatic carbocycles. The molecule has 8 heteroatoms. The number of nitrogens with one attached hydrogen (secondary N) is 1. The highest BCUT2D eigenvalue weighted by molar-refractivity contribution is 7.89. The minimum atomic E-state index is -3.85. The van der Waals surface area contributed by atoms with Gasteiger partial charge >= 0.3 is 0 Å². The van der Waals surface area contributed by atoms with E-state index in [9.17, 15) is 13.2 Å². The molecule has 1 atom stereocenters. The number of hydrogen-bond donors (Lipinski definition) is 1. The van der Waals surface area contributed by atoms with Gasteiger partial charge in [-0.25, -0.2) is 8.42 Å². The molecule has 20 heavy (non-hydrogen) atoms. The number of likely N-dealkylation sites (N-methyl/N-ethyl adjacent to an activating group) is 1. The SMILES string of the molecule is CNC(=O)C1(COC)CCCN1S(=O)(=O)c1ccco1. The van der Waals surface area contributed by atoms with Gasteiger partial charge in [-0.3, -0.25) is 4.79 Å². The van der Waals surface area contributed by atoms with Crippen LogP contribution in [0.15, 0.2) is 27.9 Å². The van der Waals surface area contributed by atoms with Crippen molar-refractivity contribution in [2.45, 2.75) is 23.5 Å². The summed E-state index contributed by atoms with van der Waals surface area (Å²) in [4.78, 5) is 12.2. The fourth-order valence-corrected chi connectivity index (χ4v) is 4.33. The molecule has 1 N–H and O–H groups in total. The van der Waals surface area contributed by atoms with Gasteiger partial charge in [-0.1, -0.05) is 0 Å². The molecular weight excluding hydrogens is 284 g/mol. The van der Waals surface area contributed by atoms with E-state index in [0.717, 1.165) is 0 Å². The third kappa shape index (κ3) is 2.23. The van der Waals surface area contributed by atoms with Crippen LogP contribution in [0.4, 0.5) is 0 Å². The predicted octanol–water partition coefficient (Wildman–Crippen LogP) is 0.195. The van der Waals surface area contributed by atoms with Gasteiger partial charge in [-0.15, -0.1) is 0 Å². The first kappa shape index (κ1) is 15.0. The Balaban J connectivity index is 2.46. The molecule has 1 saturated heterocycles. The lowest BCUT2D eigenvalue weighted by molar-refractivity contribution is -0.131. The van der Waals surface area contributed by atoms with Gasteiger partial charge in [0.05, 0.1) is 12.9 Å². The maximum absolute atomic E-state index is 12.6. The molecule has 0 aliphatic carbocycles. The number of ether oxygens (including phenoxy) is 1. The van der Waals surface area contributed by atoms with Crippen molar-refractivity contribution in [3.63, 3.8) is 0 Å². The van der Waals surface area contributed by atoms with Crippen LogP contribution in [-0.4, -0.2) is 51.5 Å². The standard InChI is InChI=1S/C12H18N2O5S/c1-13-11(15)12(9-18-2)6-4-7-14(12)20(16,17)10-5-3-8-19-10/h3,5,8H,4,6-7,9H2,1-2H3,(H,13,15). The number of nitrogens with zero attached hydrogens (tertiary/aromatic N) is 1. The Labute approximate surface area is 117 Å². The molecule has 2 heterocycles. The zero-order valence-corrected chi connectivity index (χ0v) is 12.3. The molecule has 1 aliphatic heterocycles. The number of sulfonamides is 1. The Morgan fingerprint density at radius 1 is 1.60 bits per heavy atom. The number of carbonyl (C=O) groups excluding carboxylic acids is 1. The molecule has 2 rings (SSSR count). The second-order valence-corrected chi connectivity index (χ2v) is 6.45. The largest absolute Gasteiger partial charge is 0.452 e. The van der Waals surface area contributed by atoms with Crippen molar-refractivity contribution >= 4 is 15.9 Å². The lowest BCUT2D eigenvalue weighted by Crippen LogP contribution is -2.59. The second kappa shape index (κ2) is 5.55. The van der Waals surface area contributed by atoms with Crippen LogP contribution in [0, 0.1) is 0 Å². The molecule has 1 fully saturated rings. The van der Waals surface area contributed by atoms with Crippen LogP contribution in [0.5, 0.6) is 0 Å². The Kier molecular flexibility index (Phi) is 4.17. The quantitative estimate of drug-likeness (QED) is 0.839. The summed E-state index contributed by atoms with van der Waals surface area (Å²) in [5, 5.41) is 2.36. The van der Waals surface area contributed by atoms with Gasteiger partial charge in [-0.05, 0) is 25.0 Å². The van der Waals surface area contributed by atoms with Crippen LogP contribution in [0.2, 0.25) is 0 Å². The van der Waals surface area contributed by atoms with Crippen molar-refractivity contribution in [3.05, 3.63) is 18.4 Å². The summed E-state index contributed by atoms with van der Waals surface area (Å²) < 4.78 is 36.5. The molecule has 0 radical (unpaired) electrons. The van der Waals surface area contributed by atoms with Crippen LogP contribution < -0.4 is 5.32 Å². The maximum Gasteiger partial charge on any atom is 0.277 e. The van der Waals surface area contributed by atoms with E-state index in [1.165, 1.54) is 36.9 Å². The zero-order chi connectivity index (χ0) is 14.8. The van der Waals surface area contributed by atoms with E-state index in [-0.39, 0.29) is 24.2 Å². The highest BCUT2D eigenvalue weighted by Gasteiger charge is 2.53. The predicted molar refractivity (Wildman–Crippen MR) is 70.5 cm³/mol. The topological polar surface area (TPSA) is 88.9 Å². The molecule has 0 bridgehead atoms. The minimum Gasteiger partial charge on any atom is -0.452 e. The molecule has 0 spiro atoms. The Bertz CT molecular complexity index is 569. The van der Waals surface area contributed by atoms with Gasteiger partial charge < -0.3 is 14.5 Å². The summed E-state index contributed by atoms with van der Waals surface area (Å²) in [6, 6.07) is 2.87. The van der Waals surface area contributed by atoms with Gasteiger partial charge in [0.15, 0.2) is 0 Å². The third-order valence-electron chi connectivity index (χ3n) is 3.50. The third-order valence-corrected chi connectivity index (χ3v) is 5.35. The summed E-state index contributed by atoms with van der Waals surface area (Å²) in [6.45, 7) is 0.270. The smallest absolute Gasteiger partial charge is 0.277 e. The van der Waals surface area contributed by atoms with Crippen molar-refractivity contribution in [2.24, 2.45) is 0 Å². The van der Waals surface area contributed by atoms with E-state index in [4.69, 9.17) is 9.15 Å². The summed E-state index contributed by atoms with van der Waals surface area (Å²) in [6.07, 6.45) is 2.30. The first-order valence-corrected chi connectivity index (χ1v) is 7.70. The summed E-state index contributed by atoms with van der Waals surface area (Å²) >= 11 is 0. The number of hydrogen-bond acceptors (Lipinski definition) is 5. The van der Waals surface area contributed by atoms with E-state index in [1.807, 2.05) is 0 Å². The minimum absolute atomic E-state index is 0.00656. The van der Waals surface area contributed by atoms with Crippen molar-refractivity contribution < 1.29 is 22.4 Å². The van der Waals surface area contributed by atoms with Crippen molar-refractivity contribution in [3.8, 4) is 0 Å². The molecule has 7 nitrogen and oxygen atoms in total. The van der Waals surface area contributed by atoms with Gasteiger partial charge in [0.1, 0.15) is 5.54 Å². The van der Waals surface area contributed by atoms with Gasteiger partial charge in [0.2, 0.25) is 11.0 Å². The Morgan fingerprint density at radius 2 is 2.35 bits per heavy atom. The average Bonchev–Trinajstić information content (AvgIpc) is 3.08. The molecule has 1 aliphatic rings. The number of carbonyl (C=O) groups is 1. The first-order valence-electron chi connectivity index (χ1n) is 6.26. The Morgan fingerprint density at radius 3 is 2.90 bits per heavy atom. The van der Waals surface area contributed by atoms with Gasteiger partial charge in [0, 0.05) is 20.7 Å². The number of furan rings is 1. The molecular formula is C12H18N2O5S. The van der Waals surface area contributed by atoms with E-state index in [2.05, 4.69) is 5.32 Å². The Hall–Kier alpha value is -1.38. The highest BCUT2D eigenvalue weighted by atomic mass is 32.2. The molecule has 1 unspecified atom stereocenters. The van der Waals surface area contributed by atoms with Crippen LogP contribution >= 0.6 is 0 Å². The van der Waals surface area contributed by atoms with Crippen LogP contribution in [0.25, 0.3) is 0 Å². The average molecular weight is 302 g/mol. The number of methoxy groups -OCH3 is 1. The summed E-state index contributed by atoms with van der Waals surface area (Å²) in [5.74, 6) is -0.369. The number of rotatable bonds is 5. The van der Waals surface area contributed by atoms with E-state index >= 15 is 0 Å². The fraction of sp³-hybridized carbons (Fsp3) is 0.583. The maximum atomic E-state index is 12.6. The molecule has 1 aromatic heterocycles. The normalized spacial score (nSPS) is 23.9. The summed E-state index contributed by atoms with van der Waals surface area (Å²) in [7, 11) is -0.927. The lowest BCUT2D eigenvalue weighted by Gasteiger charge is -2.34. The monoisotopic (exact) mass is 302 g/mol. The molecule has 1 aromatic rings. The zero-order valence-electron chi connectivity index (χ0n) is 11.5. The highest BCUT2D eigenvalue weighted by Crippen LogP contribution is 2.35. The fourth-order valence-electron chi connectivity index (χ4n) is 2.63. The first-order chi connectivity index (χ1) is 9.49. The second-order valence-electron chi connectivity index (χ2n) is 4.66.